The quantitative estimate of drug-likeness (QED) is 0.738. The molecule has 0 aliphatic carbocycles. The average molecular weight is 291 g/mol. The molecule has 1 aromatic carbocycles. The van der Waals surface area contributed by atoms with Gasteiger partial charge < -0.3 is 5.73 Å². The van der Waals surface area contributed by atoms with E-state index in [1.165, 1.54) is 16.7 Å². The maximum absolute atomic E-state index is 13.0. The number of hydrogen-bond donors (Lipinski definition) is 1. The summed E-state index contributed by atoms with van der Waals surface area (Å²) in [5.74, 6) is 0.194. The molecule has 0 fully saturated rings. The number of halogens is 3. The number of nitrogens with two attached hydrogens (primary N) is 1. The maximum Gasteiger partial charge on any atom is 0.419 e. The van der Waals surface area contributed by atoms with Crippen LogP contribution in [0.4, 0.5) is 19.0 Å². The summed E-state index contributed by atoms with van der Waals surface area (Å²) in [6.07, 6.45) is -2.99. The van der Waals surface area contributed by atoms with E-state index in [9.17, 15) is 13.2 Å². The van der Waals surface area contributed by atoms with Crippen LogP contribution in [0.2, 0.25) is 0 Å². The number of alkyl halides is 3. The largest absolute Gasteiger partial charge is 0.419 e. The zero-order chi connectivity index (χ0) is 15.2. The second-order valence-electron chi connectivity index (χ2n) is 4.82. The highest BCUT2D eigenvalue weighted by Gasteiger charge is 2.34. The van der Waals surface area contributed by atoms with E-state index >= 15 is 0 Å². The third-order valence-electron chi connectivity index (χ3n) is 3.32. The molecule has 0 radical (unpaired) electrons. The predicted octanol–water partition coefficient (Wildman–Crippen LogP) is 3.91. The lowest BCUT2D eigenvalue weighted by atomic mass is 10.1. The Morgan fingerprint density at radius 3 is 2.38 bits per heavy atom. The number of hydrogen-bond acceptors (Lipinski definition) is 2. The summed E-state index contributed by atoms with van der Waals surface area (Å²) < 4.78 is 40.3. The summed E-state index contributed by atoms with van der Waals surface area (Å²) in [6.45, 7) is 1.93. The molecular formula is C15H12F3N3. The third kappa shape index (κ3) is 2.22. The van der Waals surface area contributed by atoms with Crippen LogP contribution < -0.4 is 5.73 Å². The Bertz CT molecular complexity index is 801. The number of pyridine rings is 1. The van der Waals surface area contributed by atoms with E-state index in [2.05, 4.69) is 4.98 Å². The van der Waals surface area contributed by atoms with Gasteiger partial charge in [0.15, 0.2) is 5.65 Å². The monoisotopic (exact) mass is 291 g/mol. The lowest BCUT2D eigenvalue weighted by Crippen LogP contribution is -2.07. The van der Waals surface area contributed by atoms with Crippen molar-refractivity contribution >= 4 is 11.5 Å². The van der Waals surface area contributed by atoms with Crippen molar-refractivity contribution in [3.8, 4) is 11.3 Å². The minimum absolute atomic E-state index is 0.182. The molecule has 2 N–H and O–H groups in total. The van der Waals surface area contributed by atoms with E-state index in [0.29, 0.717) is 11.3 Å². The topological polar surface area (TPSA) is 43.3 Å². The molecule has 0 saturated carbocycles. The Labute approximate surface area is 118 Å². The van der Waals surface area contributed by atoms with Crippen LogP contribution in [-0.2, 0) is 6.18 Å². The van der Waals surface area contributed by atoms with E-state index in [1.807, 2.05) is 19.1 Å². The van der Waals surface area contributed by atoms with Crippen LogP contribution in [0.3, 0.4) is 0 Å². The van der Waals surface area contributed by atoms with Crippen molar-refractivity contribution in [2.45, 2.75) is 13.1 Å². The van der Waals surface area contributed by atoms with Crippen molar-refractivity contribution in [1.82, 2.24) is 9.38 Å². The van der Waals surface area contributed by atoms with Gasteiger partial charge in [0.1, 0.15) is 11.5 Å². The SMILES string of the molecule is Cc1ccc(-c2nc3c(C(F)(F)F)cccn3c2N)cc1. The molecule has 2 heterocycles. The molecule has 6 heteroatoms. The van der Waals surface area contributed by atoms with Gasteiger partial charge >= 0.3 is 6.18 Å². The van der Waals surface area contributed by atoms with Gasteiger partial charge in [-0.25, -0.2) is 4.98 Å². The number of aromatic nitrogens is 2. The molecule has 0 aliphatic heterocycles. The van der Waals surface area contributed by atoms with Gasteiger partial charge in [-0.05, 0) is 19.1 Å². The number of imidazole rings is 1. The van der Waals surface area contributed by atoms with Gasteiger partial charge in [-0.15, -0.1) is 0 Å². The predicted molar refractivity (Wildman–Crippen MR) is 74.8 cm³/mol. The molecule has 0 bridgehead atoms. The highest BCUT2D eigenvalue weighted by atomic mass is 19.4. The first-order valence-corrected chi connectivity index (χ1v) is 6.28. The average Bonchev–Trinajstić information content (AvgIpc) is 2.76. The molecule has 0 amide bonds. The second-order valence-corrected chi connectivity index (χ2v) is 4.82. The van der Waals surface area contributed by atoms with E-state index in [-0.39, 0.29) is 11.5 Å². The lowest BCUT2D eigenvalue weighted by molar-refractivity contribution is -0.136. The molecule has 3 nitrogen and oxygen atoms in total. The molecule has 0 unspecified atom stereocenters. The van der Waals surface area contributed by atoms with Crippen LogP contribution in [-0.4, -0.2) is 9.38 Å². The van der Waals surface area contributed by atoms with E-state index < -0.39 is 11.7 Å². The molecule has 2 aromatic heterocycles. The number of nitrogen functional groups attached to an aromatic ring is 1. The molecule has 0 atom stereocenters. The Hall–Kier alpha value is -2.50. The fraction of sp³-hybridized carbons (Fsp3) is 0.133. The van der Waals surface area contributed by atoms with Crippen molar-refractivity contribution in [3.05, 3.63) is 53.7 Å². The highest BCUT2D eigenvalue weighted by molar-refractivity contribution is 5.76. The first-order chi connectivity index (χ1) is 9.88. The molecule has 3 aromatic rings. The van der Waals surface area contributed by atoms with Crippen LogP contribution >= 0.6 is 0 Å². The van der Waals surface area contributed by atoms with Gasteiger partial charge in [-0.3, -0.25) is 4.40 Å². The first kappa shape index (κ1) is 13.5. The summed E-state index contributed by atoms with van der Waals surface area (Å²) >= 11 is 0. The number of nitrogens with zero attached hydrogens (tertiary/aromatic N) is 2. The zero-order valence-electron chi connectivity index (χ0n) is 11.1. The van der Waals surface area contributed by atoms with Crippen molar-refractivity contribution in [2.75, 3.05) is 5.73 Å². The van der Waals surface area contributed by atoms with Crippen LogP contribution in [0, 0.1) is 6.92 Å². The number of benzene rings is 1. The van der Waals surface area contributed by atoms with Gasteiger partial charge in [-0.2, -0.15) is 13.2 Å². The van der Waals surface area contributed by atoms with Gasteiger partial charge in [0.2, 0.25) is 0 Å². The van der Waals surface area contributed by atoms with Crippen molar-refractivity contribution in [1.29, 1.82) is 0 Å². The molecule has 0 aliphatic rings. The van der Waals surface area contributed by atoms with E-state index in [0.717, 1.165) is 11.6 Å². The maximum atomic E-state index is 13.0. The number of rotatable bonds is 1. The molecule has 21 heavy (non-hydrogen) atoms. The minimum atomic E-state index is -4.47. The van der Waals surface area contributed by atoms with Crippen LogP contribution in [0.15, 0.2) is 42.6 Å². The minimum Gasteiger partial charge on any atom is -0.383 e. The Balaban J connectivity index is 2.27. The fourth-order valence-electron chi connectivity index (χ4n) is 2.23. The Kier molecular flexibility index (Phi) is 2.90. The van der Waals surface area contributed by atoms with Crippen LogP contribution in [0.1, 0.15) is 11.1 Å². The van der Waals surface area contributed by atoms with Crippen LogP contribution in [0.5, 0.6) is 0 Å². The summed E-state index contributed by atoms with van der Waals surface area (Å²) in [5.41, 5.74) is 7.07. The fourth-order valence-corrected chi connectivity index (χ4v) is 2.23. The van der Waals surface area contributed by atoms with E-state index in [1.54, 1.807) is 12.1 Å². The Morgan fingerprint density at radius 1 is 1.10 bits per heavy atom. The summed E-state index contributed by atoms with van der Waals surface area (Å²) in [7, 11) is 0. The van der Waals surface area contributed by atoms with Crippen molar-refractivity contribution < 1.29 is 13.2 Å². The second kappa shape index (κ2) is 4.51. The molecule has 108 valence electrons. The first-order valence-electron chi connectivity index (χ1n) is 6.28. The van der Waals surface area contributed by atoms with Gasteiger partial charge in [0.25, 0.3) is 0 Å². The number of aryl methyl sites for hydroxylation is 1. The highest BCUT2D eigenvalue weighted by Crippen LogP contribution is 2.35. The van der Waals surface area contributed by atoms with Crippen molar-refractivity contribution in [2.24, 2.45) is 0 Å². The number of fused-ring (bicyclic) bond motifs is 1. The van der Waals surface area contributed by atoms with Crippen molar-refractivity contribution in [3.63, 3.8) is 0 Å². The standard InChI is InChI=1S/C15H12F3N3/c1-9-4-6-10(7-5-9)12-13(19)21-8-2-3-11(14(21)20-12)15(16,17)18/h2-8H,19H2,1H3. The Morgan fingerprint density at radius 2 is 1.76 bits per heavy atom. The zero-order valence-corrected chi connectivity index (χ0v) is 11.1. The van der Waals surface area contributed by atoms with Gasteiger partial charge in [-0.1, -0.05) is 29.8 Å². The molecule has 0 spiro atoms. The normalized spacial score (nSPS) is 12.0. The molecule has 0 saturated heterocycles. The molecular weight excluding hydrogens is 279 g/mol. The lowest BCUT2D eigenvalue weighted by Gasteiger charge is -2.07. The molecule has 3 rings (SSSR count). The summed E-state index contributed by atoms with van der Waals surface area (Å²) in [6, 6.07) is 9.63. The van der Waals surface area contributed by atoms with Gasteiger partial charge in [0, 0.05) is 11.8 Å². The summed E-state index contributed by atoms with van der Waals surface area (Å²) in [5, 5.41) is 0. The summed E-state index contributed by atoms with van der Waals surface area (Å²) in [4.78, 5) is 4.10. The number of anilines is 1. The van der Waals surface area contributed by atoms with E-state index in [4.69, 9.17) is 5.73 Å². The van der Waals surface area contributed by atoms with Crippen LogP contribution in [0.25, 0.3) is 16.9 Å². The van der Waals surface area contributed by atoms with Gasteiger partial charge in [0.05, 0.1) is 5.56 Å². The third-order valence-corrected chi connectivity index (χ3v) is 3.32. The smallest absolute Gasteiger partial charge is 0.383 e.